The second kappa shape index (κ2) is 6.64. The van der Waals surface area contributed by atoms with Crippen molar-refractivity contribution in [3.8, 4) is 11.3 Å². The normalized spacial score (nSPS) is 11.4. The minimum absolute atomic E-state index is 0.119. The zero-order chi connectivity index (χ0) is 18.0. The number of carbonyl (C=O) groups excluding carboxylic acids is 1. The maximum absolute atomic E-state index is 13.0. The number of hydrogen-bond acceptors (Lipinski definition) is 2. The molecule has 0 aliphatic heterocycles. The van der Waals surface area contributed by atoms with E-state index < -0.39 is 17.6 Å². The number of halogens is 4. The summed E-state index contributed by atoms with van der Waals surface area (Å²) >= 11 is 6.06. The van der Waals surface area contributed by atoms with Crippen molar-refractivity contribution in [2.75, 3.05) is 5.32 Å². The van der Waals surface area contributed by atoms with E-state index in [4.69, 9.17) is 16.0 Å². The molecule has 1 heterocycles. The van der Waals surface area contributed by atoms with Crippen LogP contribution in [0.1, 0.15) is 16.1 Å². The Balaban J connectivity index is 1.86. The maximum atomic E-state index is 13.0. The smallest absolute Gasteiger partial charge is 0.418 e. The van der Waals surface area contributed by atoms with Crippen molar-refractivity contribution in [3.63, 3.8) is 0 Å². The maximum Gasteiger partial charge on any atom is 0.418 e. The summed E-state index contributed by atoms with van der Waals surface area (Å²) in [6.07, 6.45) is -4.57. The molecule has 1 N–H and O–H groups in total. The zero-order valence-electron chi connectivity index (χ0n) is 12.6. The van der Waals surface area contributed by atoms with Gasteiger partial charge in [0.1, 0.15) is 5.76 Å². The Bertz CT molecular complexity index is 918. The molecule has 3 nitrogen and oxygen atoms in total. The molecule has 3 rings (SSSR count). The van der Waals surface area contributed by atoms with E-state index in [0.717, 1.165) is 6.07 Å². The molecule has 7 heteroatoms. The number of anilines is 1. The van der Waals surface area contributed by atoms with Crippen molar-refractivity contribution in [2.24, 2.45) is 0 Å². The number of carbonyl (C=O) groups is 1. The molecule has 0 saturated carbocycles. The lowest BCUT2D eigenvalue weighted by Crippen LogP contribution is -2.16. The van der Waals surface area contributed by atoms with E-state index >= 15 is 0 Å². The Kier molecular flexibility index (Phi) is 4.55. The molecule has 0 fully saturated rings. The first-order valence-electron chi connectivity index (χ1n) is 7.18. The van der Waals surface area contributed by atoms with E-state index in [1.54, 1.807) is 24.3 Å². The lowest BCUT2D eigenvalue weighted by Gasteiger charge is -2.12. The first kappa shape index (κ1) is 17.1. The summed E-state index contributed by atoms with van der Waals surface area (Å²) in [7, 11) is 0. The first-order chi connectivity index (χ1) is 11.9. The predicted molar refractivity (Wildman–Crippen MR) is 88.6 cm³/mol. The third-order valence-corrected chi connectivity index (χ3v) is 3.78. The monoisotopic (exact) mass is 365 g/mol. The molecule has 0 spiro atoms. The van der Waals surface area contributed by atoms with Crippen LogP contribution in [0.2, 0.25) is 5.02 Å². The Morgan fingerprint density at radius 3 is 2.36 bits per heavy atom. The van der Waals surface area contributed by atoms with Gasteiger partial charge in [0.25, 0.3) is 5.91 Å². The summed E-state index contributed by atoms with van der Waals surface area (Å²) in [5.41, 5.74) is -0.684. The van der Waals surface area contributed by atoms with Gasteiger partial charge in [-0.25, -0.2) is 0 Å². The minimum Gasteiger partial charge on any atom is -0.451 e. The Morgan fingerprint density at radius 2 is 1.64 bits per heavy atom. The molecule has 3 aromatic rings. The van der Waals surface area contributed by atoms with E-state index in [9.17, 15) is 18.0 Å². The van der Waals surface area contributed by atoms with Crippen LogP contribution < -0.4 is 5.32 Å². The second-order valence-corrected chi connectivity index (χ2v) is 5.55. The van der Waals surface area contributed by atoms with Crippen LogP contribution in [0.3, 0.4) is 0 Å². The third kappa shape index (κ3) is 3.69. The van der Waals surface area contributed by atoms with Gasteiger partial charge in [-0.1, -0.05) is 35.9 Å². The molecule has 0 aliphatic carbocycles. The van der Waals surface area contributed by atoms with E-state index in [1.165, 1.54) is 30.3 Å². The van der Waals surface area contributed by atoms with Gasteiger partial charge < -0.3 is 9.73 Å². The number of hydrogen-bond donors (Lipinski definition) is 1. The lowest BCUT2D eigenvalue weighted by molar-refractivity contribution is -0.136. The summed E-state index contributed by atoms with van der Waals surface area (Å²) in [6, 6.07) is 14.5. The Labute approximate surface area is 146 Å². The van der Waals surface area contributed by atoms with Crippen LogP contribution in [0, 0.1) is 0 Å². The van der Waals surface area contributed by atoms with E-state index in [1.807, 2.05) is 0 Å². The van der Waals surface area contributed by atoms with Crippen LogP contribution >= 0.6 is 11.6 Å². The molecule has 1 aromatic heterocycles. The molecule has 2 aromatic carbocycles. The van der Waals surface area contributed by atoms with Crippen LogP contribution in [0.25, 0.3) is 11.3 Å². The number of para-hydroxylation sites is 1. The number of furan rings is 1. The summed E-state index contributed by atoms with van der Waals surface area (Å²) in [5, 5.41) is 2.66. The highest BCUT2D eigenvalue weighted by atomic mass is 35.5. The van der Waals surface area contributed by atoms with Gasteiger partial charge >= 0.3 is 6.18 Å². The molecule has 0 unspecified atom stereocenters. The highest BCUT2D eigenvalue weighted by Gasteiger charge is 2.33. The largest absolute Gasteiger partial charge is 0.451 e. The molecule has 0 aliphatic rings. The van der Waals surface area contributed by atoms with Crippen molar-refractivity contribution < 1.29 is 22.4 Å². The SMILES string of the molecule is O=C(Nc1ccccc1C(F)(F)F)c1ccc(-c2ccccc2Cl)o1. The second-order valence-electron chi connectivity index (χ2n) is 5.14. The zero-order valence-corrected chi connectivity index (χ0v) is 13.4. The van der Waals surface area contributed by atoms with Crippen molar-refractivity contribution in [1.82, 2.24) is 0 Å². The van der Waals surface area contributed by atoms with Gasteiger partial charge in [0.15, 0.2) is 5.76 Å². The summed E-state index contributed by atoms with van der Waals surface area (Å²) in [4.78, 5) is 12.2. The predicted octanol–water partition coefficient (Wildman–Crippen LogP) is 5.87. The third-order valence-electron chi connectivity index (χ3n) is 3.45. The highest BCUT2D eigenvalue weighted by Crippen LogP contribution is 2.35. The number of amides is 1. The molecule has 0 atom stereocenters. The van der Waals surface area contributed by atoms with Gasteiger partial charge in [-0.2, -0.15) is 13.2 Å². The fourth-order valence-electron chi connectivity index (χ4n) is 2.29. The Hall–Kier alpha value is -2.73. The molecule has 128 valence electrons. The van der Waals surface area contributed by atoms with Crippen molar-refractivity contribution in [2.45, 2.75) is 6.18 Å². The van der Waals surface area contributed by atoms with Crippen molar-refractivity contribution in [1.29, 1.82) is 0 Å². The van der Waals surface area contributed by atoms with Gasteiger partial charge in [-0.15, -0.1) is 0 Å². The van der Waals surface area contributed by atoms with E-state index in [0.29, 0.717) is 16.3 Å². The van der Waals surface area contributed by atoms with Gasteiger partial charge in [-0.3, -0.25) is 4.79 Å². The highest BCUT2D eigenvalue weighted by molar-refractivity contribution is 6.33. The fraction of sp³-hybridized carbons (Fsp3) is 0.0556. The van der Waals surface area contributed by atoms with Crippen LogP contribution in [0.5, 0.6) is 0 Å². The van der Waals surface area contributed by atoms with Gasteiger partial charge in [0.2, 0.25) is 0 Å². The van der Waals surface area contributed by atoms with E-state index in [2.05, 4.69) is 5.32 Å². The summed E-state index contributed by atoms with van der Waals surface area (Å²) < 4.78 is 44.4. The standard InChI is InChI=1S/C18H11ClF3NO2/c19-13-7-3-1-5-11(13)15-9-10-16(25-15)17(24)23-14-8-4-2-6-12(14)18(20,21)22/h1-10H,(H,23,24). The molecule has 0 saturated heterocycles. The minimum atomic E-state index is -4.57. The van der Waals surface area contributed by atoms with Crippen molar-refractivity contribution in [3.05, 3.63) is 77.0 Å². The Morgan fingerprint density at radius 1 is 0.960 bits per heavy atom. The van der Waals surface area contributed by atoms with Crippen LogP contribution in [-0.2, 0) is 6.18 Å². The van der Waals surface area contributed by atoms with Crippen molar-refractivity contribution >= 4 is 23.2 Å². The molecule has 25 heavy (non-hydrogen) atoms. The van der Waals surface area contributed by atoms with Crippen LogP contribution in [-0.4, -0.2) is 5.91 Å². The van der Waals surface area contributed by atoms with E-state index in [-0.39, 0.29) is 11.4 Å². The summed E-state index contributed by atoms with van der Waals surface area (Å²) in [5.74, 6) is -0.554. The molecular weight excluding hydrogens is 355 g/mol. The number of nitrogens with one attached hydrogen (secondary N) is 1. The lowest BCUT2D eigenvalue weighted by atomic mass is 10.1. The average Bonchev–Trinajstić information content (AvgIpc) is 3.04. The van der Waals surface area contributed by atoms with Gasteiger partial charge in [0.05, 0.1) is 16.3 Å². The molecule has 0 bridgehead atoms. The number of rotatable bonds is 3. The molecular formula is C18H11ClF3NO2. The molecule has 1 amide bonds. The quantitative estimate of drug-likeness (QED) is 0.630. The topological polar surface area (TPSA) is 42.2 Å². The molecule has 0 radical (unpaired) electrons. The fourth-order valence-corrected chi connectivity index (χ4v) is 2.52. The number of alkyl halides is 3. The van der Waals surface area contributed by atoms with Gasteiger partial charge in [-0.05, 0) is 36.4 Å². The van der Waals surface area contributed by atoms with Gasteiger partial charge in [0, 0.05) is 5.56 Å². The van der Waals surface area contributed by atoms with Crippen LogP contribution in [0.4, 0.5) is 18.9 Å². The first-order valence-corrected chi connectivity index (χ1v) is 7.56. The number of benzene rings is 2. The van der Waals surface area contributed by atoms with Crippen LogP contribution in [0.15, 0.2) is 65.1 Å². The summed E-state index contributed by atoms with van der Waals surface area (Å²) in [6.45, 7) is 0. The average molecular weight is 366 g/mol.